The Morgan fingerprint density at radius 1 is 1.12 bits per heavy atom. The minimum absolute atomic E-state index is 0.0940. The van der Waals surface area contributed by atoms with E-state index in [1.165, 1.54) is 4.90 Å². The van der Waals surface area contributed by atoms with Gasteiger partial charge in [0.2, 0.25) is 5.91 Å². The Balaban J connectivity index is 1.67. The number of ether oxygens (including phenoxy) is 1. The van der Waals surface area contributed by atoms with Crippen molar-refractivity contribution in [3.05, 3.63) is 60.2 Å². The Bertz CT molecular complexity index is 820. The van der Waals surface area contributed by atoms with Crippen molar-refractivity contribution in [1.82, 2.24) is 0 Å². The van der Waals surface area contributed by atoms with E-state index in [2.05, 4.69) is 5.32 Å². The highest BCUT2D eigenvalue weighted by molar-refractivity contribution is 6.10. The minimum atomic E-state index is -0.443. The third-order valence-corrected chi connectivity index (χ3v) is 4.30. The standard InChI is InChI=1S/C20H20N2O4/c1-2-15(14-8-4-3-5-9-14)20(25)26-13-19(24)22-12-18(23)21-16-10-6-7-11-17(16)22/h3-11,15H,2,12-13H2,1H3,(H,21,23)/t15-/m1/s1. The Labute approximate surface area is 151 Å². The number of para-hydroxylation sites is 2. The van der Waals surface area contributed by atoms with Gasteiger partial charge in [-0.05, 0) is 24.1 Å². The third-order valence-electron chi connectivity index (χ3n) is 4.30. The first-order chi connectivity index (χ1) is 12.6. The summed E-state index contributed by atoms with van der Waals surface area (Å²) in [5, 5.41) is 2.72. The van der Waals surface area contributed by atoms with E-state index in [0.717, 1.165) is 5.56 Å². The molecule has 0 radical (unpaired) electrons. The number of hydrogen-bond donors (Lipinski definition) is 1. The number of carbonyl (C=O) groups is 3. The maximum Gasteiger partial charge on any atom is 0.313 e. The number of nitrogens with zero attached hydrogens (tertiary/aromatic N) is 1. The summed E-state index contributed by atoms with van der Waals surface area (Å²) in [4.78, 5) is 38.1. The SMILES string of the molecule is CC[C@@H](C(=O)OCC(=O)N1CC(=O)Nc2ccccc21)c1ccccc1. The first-order valence-corrected chi connectivity index (χ1v) is 8.51. The lowest BCUT2D eigenvalue weighted by Gasteiger charge is -2.29. The monoisotopic (exact) mass is 352 g/mol. The molecule has 26 heavy (non-hydrogen) atoms. The minimum Gasteiger partial charge on any atom is -0.455 e. The fourth-order valence-electron chi connectivity index (χ4n) is 2.99. The van der Waals surface area contributed by atoms with Gasteiger partial charge < -0.3 is 10.1 Å². The fraction of sp³-hybridized carbons (Fsp3) is 0.250. The quantitative estimate of drug-likeness (QED) is 0.840. The summed E-state index contributed by atoms with van der Waals surface area (Å²) < 4.78 is 5.25. The summed E-state index contributed by atoms with van der Waals surface area (Å²) in [6.45, 7) is 1.40. The highest BCUT2D eigenvalue weighted by Crippen LogP contribution is 2.29. The van der Waals surface area contributed by atoms with Crippen molar-refractivity contribution in [1.29, 1.82) is 0 Å². The van der Waals surface area contributed by atoms with Crippen LogP contribution in [0, 0.1) is 0 Å². The van der Waals surface area contributed by atoms with Crippen molar-refractivity contribution in [3.8, 4) is 0 Å². The molecule has 0 bridgehead atoms. The number of rotatable bonds is 5. The molecule has 1 N–H and O–H groups in total. The van der Waals surface area contributed by atoms with E-state index >= 15 is 0 Å². The van der Waals surface area contributed by atoms with Gasteiger partial charge in [0.05, 0.1) is 17.3 Å². The largest absolute Gasteiger partial charge is 0.455 e. The Kier molecular flexibility index (Phi) is 5.31. The Morgan fingerprint density at radius 2 is 1.81 bits per heavy atom. The predicted octanol–water partition coefficient (Wildman–Crippen LogP) is 2.71. The molecule has 0 fully saturated rings. The topological polar surface area (TPSA) is 75.7 Å². The molecular formula is C20H20N2O4. The molecule has 0 saturated carbocycles. The lowest BCUT2D eigenvalue weighted by Crippen LogP contribution is -2.44. The second kappa shape index (κ2) is 7.82. The highest BCUT2D eigenvalue weighted by atomic mass is 16.5. The van der Waals surface area contributed by atoms with Gasteiger partial charge in [-0.3, -0.25) is 19.3 Å². The van der Waals surface area contributed by atoms with Crippen molar-refractivity contribution >= 4 is 29.2 Å². The van der Waals surface area contributed by atoms with Crippen LogP contribution in [0.15, 0.2) is 54.6 Å². The molecule has 1 atom stereocenters. The number of nitrogens with one attached hydrogen (secondary N) is 1. The van der Waals surface area contributed by atoms with E-state index < -0.39 is 24.4 Å². The second-order valence-electron chi connectivity index (χ2n) is 6.02. The van der Waals surface area contributed by atoms with E-state index in [9.17, 15) is 14.4 Å². The van der Waals surface area contributed by atoms with Crippen molar-refractivity contribution < 1.29 is 19.1 Å². The van der Waals surface area contributed by atoms with Crippen LogP contribution in [0.2, 0.25) is 0 Å². The van der Waals surface area contributed by atoms with Gasteiger partial charge in [-0.15, -0.1) is 0 Å². The third kappa shape index (κ3) is 3.74. The molecule has 2 amide bonds. The van der Waals surface area contributed by atoms with Crippen LogP contribution >= 0.6 is 0 Å². The van der Waals surface area contributed by atoms with Crippen LogP contribution in [0.4, 0.5) is 11.4 Å². The number of carbonyl (C=O) groups excluding carboxylic acids is 3. The fourth-order valence-corrected chi connectivity index (χ4v) is 2.99. The molecule has 6 heteroatoms. The van der Waals surface area contributed by atoms with E-state index in [-0.39, 0.29) is 12.5 Å². The van der Waals surface area contributed by atoms with Crippen molar-refractivity contribution in [2.45, 2.75) is 19.3 Å². The molecule has 0 aromatic heterocycles. The van der Waals surface area contributed by atoms with Crippen LogP contribution in [-0.4, -0.2) is 30.9 Å². The summed E-state index contributed by atoms with van der Waals surface area (Å²) in [6, 6.07) is 16.4. The van der Waals surface area contributed by atoms with Crippen LogP contribution in [-0.2, 0) is 19.1 Å². The average molecular weight is 352 g/mol. The van der Waals surface area contributed by atoms with Crippen LogP contribution < -0.4 is 10.2 Å². The first kappa shape index (κ1) is 17.7. The highest BCUT2D eigenvalue weighted by Gasteiger charge is 2.28. The molecule has 2 aromatic rings. The first-order valence-electron chi connectivity index (χ1n) is 8.51. The summed E-state index contributed by atoms with van der Waals surface area (Å²) in [6.07, 6.45) is 0.575. The van der Waals surface area contributed by atoms with Gasteiger partial charge >= 0.3 is 5.97 Å². The summed E-state index contributed by atoms with van der Waals surface area (Å²) in [7, 11) is 0. The Hall–Kier alpha value is -3.15. The number of anilines is 2. The molecule has 2 aromatic carbocycles. The van der Waals surface area contributed by atoms with Gasteiger partial charge in [-0.1, -0.05) is 49.4 Å². The molecule has 0 aliphatic carbocycles. The zero-order chi connectivity index (χ0) is 18.5. The molecule has 1 heterocycles. The Morgan fingerprint density at radius 3 is 2.54 bits per heavy atom. The average Bonchev–Trinajstić information content (AvgIpc) is 2.66. The number of esters is 1. The lowest BCUT2D eigenvalue weighted by molar-refractivity contribution is -0.149. The number of fused-ring (bicyclic) bond motifs is 1. The smallest absolute Gasteiger partial charge is 0.313 e. The van der Waals surface area contributed by atoms with E-state index in [0.29, 0.717) is 17.8 Å². The molecule has 6 nitrogen and oxygen atoms in total. The molecule has 1 aliphatic rings. The predicted molar refractivity (Wildman–Crippen MR) is 97.9 cm³/mol. The summed E-state index contributed by atoms with van der Waals surface area (Å²) in [5.74, 6) is -1.56. The second-order valence-corrected chi connectivity index (χ2v) is 6.02. The number of benzene rings is 2. The van der Waals surface area contributed by atoms with Crippen LogP contribution in [0.25, 0.3) is 0 Å². The van der Waals surface area contributed by atoms with Gasteiger partial charge in [-0.25, -0.2) is 0 Å². The molecule has 3 rings (SSSR count). The van der Waals surface area contributed by atoms with Crippen molar-refractivity contribution in [3.63, 3.8) is 0 Å². The van der Waals surface area contributed by atoms with Gasteiger partial charge in [-0.2, -0.15) is 0 Å². The zero-order valence-electron chi connectivity index (χ0n) is 14.5. The van der Waals surface area contributed by atoms with Crippen LogP contribution in [0.3, 0.4) is 0 Å². The van der Waals surface area contributed by atoms with E-state index in [1.807, 2.05) is 37.3 Å². The lowest BCUT2D eigenvalue weighted by atomic mass is 9.97. The summed E-state index contributed by atoms with van der Waals surface area (Å²) in [5.41, 5.74) is 2.03. The summed E-state index contributed by atoms with van der Waals surface area (Å²) >= 11 is 0. The zero-order valence-corrected chi connectivity index (χ0v) is 14.5. The maximum absolute atomic E-state index is 12.5. The van der Waals surface area contributed by atoms with Crippen LogP contribution in [0.1, 0.15) is 24.8 Å². The molecule has 0 unspecified atom stereocenters. The van der Waals surface area contributed by atoms with E-state index in [4.69, 9.17) is 4.74 Å². The van der Waals surface area contributed by atoms with Crippen molar-refractivity contribution in [2.24, 2.45) is 0 Å². The number of amides is 2. The number of hydrogen-bond acceptors (Lipinski definition) is 4. The van der Waals surface area contributed by atoms with Gasteiger partial charge in [0.1, 0.15) is 6.54 Å². The van der Waals surface area contributed by atoms with Crippen LogP contribution in [0.5, 0.6) is 0 Å². The molecule has 134 valence electrons. The molecule has 0 saturated heterocycles. The van der Waals surface area contributed by atoms with Crippen molar-refractivity contribution in [2.75, 3.05) is 23.4 Å². The van der Waals surface area contributed by atoms with E-state index in [1.54, 1.807) is 24.3 Å². The van der Waals surface area contributed by atoms with Gasteiger partial charge in [0.25, 0.3) is 5.91 Å². The van der Waals surface area contributed by atoms with Gasteiger partial charge in [0.15, 0.2) is 6.61 Å². The molecular weight excluding hydrogens is 332 g/mol. The molecule has 1 aliphatic heterocycles. The molecule has 0 spiro atoms. The van der Waals surface area contributed by atoms with Gasteiger partial charge in [0, 0.05) is 0 Å². The normalized spacial score (nSPS) is 14.2. The maximum atomic E-state index is 12.5.